The van der Waals surface area contributed by atoms with Crippen LogP contribution in [0, 0.1) is 13.8 Å². The molecule has 0 spiro atoms. The standard InChI is InChI=1S/C26H34NO2/c1-5-7-17-27(18-8-6-2)25(29)16-15-22-13-14-23(19-28)26(21(22)4)24-12-10-9-11-20(24)3/h9-14H,5-8,15-18H2,1-4H3. The second-order valence-electron chi connectivity index (χ2n) is 7.78. The second-order valence-corrected chi connectivity index (χ2v) is 7.78. The van der Waals surface area contributed by atoms with E-state index >= 15 is 0 Å². The van der Waals surface area contributed by atoms with Gasteiger partial charge in [-0.25, -0.2) is 0 Å². The van der Waals surface area contributed by atoms with Gasteiger partial charge in [0.1, 0.15) is 0 Å². The molecule has 0 aliphatic rings. The zero-order valence-electron chi connectivity index (χ0n) is 18.4. The number of hydrogen-bond acceptors (Lipinski definition) is 2. The first-order valence-corrected chi connectivity index (χ1v) is 10.9. The third-order valence-corrected chi connectivity index (χ3v) is 5.63. The Morgan fingerprint density at radius 2 is 1.62 bits per heavy atom. The predicted molar refractivity (Wildman–Crippen MR) is 121 cm³/mol. The Balaban J connectivity index is 2.23. The molecule has 0 aliphatic carbocycles. The van der Waals surface area contributed by atoms with Crippen molar-refractivity contribution >= 4 is 12.2 Å². The van der Waals surface area contributed by atoms with Gasteiger partial charge in [0.25, 0.3) is 0 Å². The summed E-state index contributed by atoms with van der Waals surface area (Å²) >= 11 is 0. The van der Waals surface area contributed by atoms with Gasteiger partial charge in [0, 0.05) is 25.1 Å². The lowest BCUT2D eigenvalue weighted by Gasteiger charge is -2.23. The van der Waals surface area contributed by atoms with Gasteiger partial charge in [-0.15, -0.1) is 0 Å². The fourth-order valence-corrected chi connectivity index (χ4v) is 3.77. The normalized spacial score (nSPS) is 10.8. The molecule has 0 N–H and O–H groups in total. The van der Waals surface area contributed by atoms with Crippen molar-refractivity contribution in [2.75, 3.05) is 13.1 Å². The van der Waals surface area contributed by atoms with Gasteiger partial charge in [0.15, 0.2) is 0 Å². The first-order chi connectivity index (χ1) is 14.0. The molecule has 0 heterocycles. The summed E-state index contributed by atoms with van der Waals surface area (Å²) in [6.45, 7) is 10.1. The minimum absolute atomic E-state index is 0.231. The van der Waals surface area contributed by atoms with Crippen LogP contribution in [0.3, 0.4) is 0 Å². The number of carbonyl (C=O) groups is 1. The number of benzene rings is 2. The van der Waals surface area contributed by atoms with Crippen LogP contribution in [0.5, 0.6) is 0 Å². The van der Waals surface area contributed by atoms with Crippen molar-refractivity contribution in [2.45, 2.75) is 66.2 Å². The van der Waals surface area contributed by atoms with E-state index in [4.69, 9.17) is 0 Å². The topological polar surface area (TPSA) is 37.4 Å². The van der Waals surface area contributed by atoms with E-state index in [2.05, 4.69) is 33.1 Å². The molecule has 29 heavy (non-hydrogen) atoms. The lowest BCUT2D eigenvalue weighted by atomic mass is 9.88. The summed E-state index contributed by atoms with van der Waals surface area (Å²) in [5, 5.41) is 0. The van der Waals surface area contributed by atoms with E-state index in [1.165, 1.54) is 0 Å². The van der Waals surface area contributed by atoms with Gasteiger partial charge in [0.05, 0.1) is 0 Å². The molecule has 1 amide bonds. The Kier molecular flexibility index (Phi) is 9.11. The van der Waals surface area contributed by atoms with Crippen LogP contribution < -0.4 is 0 Å². The number of nitrogens with zero attached hydrogens (tertiary/aromatic N) is 1. The minimum Gasteiger partial charge on any atom is -0.343 e. The van der Waals surface area contributed by atoms with Crippen LogP contribution in [0.1, 0.15) is 68.2 Å². The van der Waals surface area contributed by atoms with Gasteiger partial charge < -0.3 is 4.90 Å². The average Bonchev–Trinajstić information content (AvgIpc) is 2.73. The monoisotopic (exact) mass is 392 g/mol. The second kappa shape index (κ2) is 11.5. The predicted octanol–water partition coefficient (Wildman–Crippen LogP) is 5.79. The average molecular weight is 393 g/mol. The molecule has 0 bridgehead atoms. The molecule has 0 saturated carbocycles. The van der Waals surface area contributed by atoms with Crippen LogP contribution in [0.15, 0.2) is 36.4 Å². The van der Waals surface area contributed by atoms with Gasteiger partial charge in [-0.1, -0.05) is 57.0 Å². The molecule has 0 fully saturated rings. The van der Waals surface area contributed by atoms with Crippen LogP contribution in [0.25, 0.3) is 11.1 Å². The molecule has 2 rings (SSSR count). The Morgan fingerprint density at radius 1 is 0.966 bits per heavy atom. The number of carbonyl (C=O) groups excluding carboxylic acids is 2. The van der Waals surface area contributed by atoms with Crippen LogP contribution in [0.4, 0.5) is 0 Å². The van der Waals surface area contributed by atoms with Crippen LogP contribution in [0.2, 0.25) is 0 Å². The molecular weight excluding hydrogens is 358 g/mol. The molecular formula is C26H34NO2. The fourth-order valence-electron chi connectivity index (χ4n) is 3.77. The van der Waals surface area contributed by atoms with Crippen molar-refractivity contribution < 1.29 is 9.59 Å². The first kappa shape index (κ1) is 22.9. The van der Waals surface area contributed by atoms with Crippen molar-refractivity contribution in [3.05, 3.63) is 58.7 Å². The SMILES string of the molecule is CCCCN(CCCC)C(=O)CCc1ccc([C]=O)c(-c2ccccc2C)c1C. The van der Waals surface area contributed by atoms with Crippen molar-refractivity contribution in [1.82, 2.24) is 4.90 Å². The first-order valence-electron chi connectivity index (χ1n) is 10.9. The third kappa shape index (κ3) is 6.03. The smallest absolute Gasteiger partial charge is 0.234 e. The molecule has 2 aromatic carbocycles. The molecule has 155 valence electrons. The highest BCUT2D eigenvalue weighted by molar-refractivity contribution is 5.91. The Bertz CT molecular complexity index is 817. The quantitative estimate of drug-likeness (QED) is 0.485. The summed E-state index contributed by atoms with van der Waals surface area (Å²) in [6.07, 6.45) is 7.59. The van der Waals surface area contributed by atoms with Gasteiger partial charge in [-0.3, -0.25) is 9.59 Å². The highest BCUT2D eigenvalue weighted by atomic mass is 16.2. The summed E-state index contributed by atoms with van der Waals surface area (Å²) in [6, 6.07) is 11.9. The number of unbranched alkanes of at least 4 members (excludes halogenated alkanes) is 2. The van der Waals surface area contributed by atoms with Crippen molar-refractivity contribution in [3.63, 3.8) is 0 Å². The Hall–Kier alpha value is -2.42. The minimum atomic E-state index is 0.231. The summed E-state index contributed by atoms with van der Waals surface area (Å²) in [5.74, 6) is 0.231. The van der Waals surface area contributed by atoms with E-state index in [9.17, 15) is 9.59 Å². The largest absolute Gasteiger partial charge is 0.343 e. The molecule has 2 aromatic rings. The Morgan fingerprint density at radius 3 is 2.21 bits per heavy atom. The Labute approximate surface area is 176 Å². The highest BCUT2D eigenvalue weighted by Gasteiger charge is 2.17. The summed E-state index contributed by atoms with van der Waals surface area (Å²) in [5.41, 5.74) is 5.91. The van der Waals surface area contributed by atoms with Crippen molar-refractivity contribution in [2.24, 2.45) is 0 Å². The molecule has 0 aliphatic heterocycles. The van der Waals surface area contributed by atoms with E-state index < -0.39 is 0 Å². The highest BCUT2D eigenvalue weighted by Crippen LogP contribution is 2.32. The molecule has 3 nitrogen and oxygen atoms in total. The maximum atomic E-state index is 12.8. The number of amides is 1. The van der Waals surface area contributed by atoms with Crippen LogP contribution in [-0.2, 0) is 16.0 Å². The molecule has 0 unspecified atom stereocenters. The van der Waals surface area contributed by atoms with E-state index in [1.807, 2.05) is 42.2 Å². The zero-order chi connectivity index (χ0) is 21.2. The number of hydrogen-bond donors (Lipinski definition) is 0. The van der Waals surface area contributed by atoms with Gasteiger partial charge >= 0.3 is 0 Å². The molecule has 3 heteroatoms. The van der Waals surface area contributed by atoms with Crippen molar-refractivity contribution in [1.29, 1.82) is 0 Å². The van der Waals surface area contributed by atoms with E-state index in [-0.39, 0.29) is 5.91 Å². The number of aryl methyl sites for hydroxylation is 2. The molecule has 0 saturated heterocycles. The summed E-state index contributed by atoms with van der Waals surface area (Å²) < 4.78 is 0. The van der Waals surface area contributed by atoms with E-state index in [0.717, 1.165) is 66.6 Å². The molecule has 1 radical (unpaired) electrons. The third-order valence-electron chi connectivity index (χ3n) is 5.63. The van der Waals surface area contributed by atoms with Gasteiger partial charge in [-0.2, -0.15) is 0 Å². The van der Waals surface area contributed by atoms with Gasteiger partial charge in [-0.05, 0) is 67.0 Å². The van der Waals surface area contributed by atoms with Gasteiger partial charge in [0.2, 0.25) is 12.2 Å². The molecule has 0 aromatic heterocycles. The molecule has 0 atom stereocenters. The van der Waals surface area contributed by atoms with E-state index in [0.29, 0.717) is 18.4 Å². The van der Waals surface area contributed by atoms with Crippen LogP contribution >= 0.6 is 0 Å². The maximum absolute atomic E-state index is 12.8. The zero-order valence-corrected chi connectivity index (χ0v) is 18.4. The lowest BCUT2D eigenvalue weighted by Crippen LogP contribution is -2.33. The summed E-state index contributed by atoms with van der Waals surface area (Å²) in [7, 11) is 0. The van der Waals surface area contributed by atoms with E-state index in [1.54, 1.807) is 0 Å². The van der Waals surface area contributed by atoms with Crippen molar-refractivity contribution in [3.8, 4) is 11.1 Å². The summed E-state index contributed by atoms with van der Waals surface area (Å²) in [4.78, 5) is 26.4. The van der Waals surface area contributed by atoms with Crippen LogP contribution in [-0.4, -0.2) is 30.2 Å². The maximum Gasteiger partial charge on any atom is 0.234 e. The lowest BCUT2D eigenvalue weighted by molar-refractivity contribution is -0.131. The number of rotatable bonds is 11. The fraction of sp³-hybridized carbons (Fsp3) is 0.462.